The highest BCUT2D eigenvalue weighted by Gasteiger charge is 2.49. The van der Waals surface area contributed by atoms with Crippen molar-refractivity contribution in [3.63, 3.8) is 0 Å². The van der Waals surface area contributed by atoms with Crippen molar-refractivity contribution in [2.45, 2.75) is 51.4 Å². The molecule has 0 bridgehead atoms. The summed E-state index contributed by atoms with van der Waals surface area (Å²) in [6.45, 7) is 8.70. The van der Waals surface area contributed by atoms with Gasteiger partial charge in [0.25, 0.3) is 0 Å². The van der Waals surface area contributed by atoms with Crippen LogP contribution in [-0.2, 0) is 4.74 Å². The van der Waals surface area contributed by atoms with Crippen molar-refractivity contribution in [2.24, 2.45) is 5.92 Å². The van der Waals surface area contributed by atoms with E-state index in [0.29, 0.717) is 5.92 Å². The lowest BCUT2D eigenvalue weighted by Gasteiger charge is -2.33. The number of nitrogens with one attached hydrogen (secondary N) is 1. The highest BCUT2D eigenvalue weighted by Crippen LogP contribution is 2.47. The second-order valence-corrected chi connectivity index (χ2v) is 7.39. The van der Waals surface area contributed by atoms with Crippen molar-refractivity contribution in [2.75, 3.05) is 7.05 Å². The molecule has 0 saturated carbocycles. The van der Waals surface area contributed by atoms with E-state index < -0.39 is 0 Å². The monoisotopic (exact) mass is 326 g/mol. The Morgan fingerprint density at radius 1 is 1.37 bits per heavy atom. The van der Waals surface area contributed by atoms with Crippen molar-refractivity contribution in [1.82, 2.24) is 10.3 Å². The van der Waals surface area contributed by atoms with E-state index >= 15 is 0 Å². The lowest BCUT2D eigenvalue weighted by atomic mass is 9.79. The first-order valence-corrected chi connectivity index (χ1v) is 7.52. The topological polar surface area (TPSA) is 34.2 Å². The molecule has 0 aliphatic carbocycles. The summed E-state index contributed by atoms with van der Waals surface area (Å²) in [5.41, 5.74) is 0.999. The molecule has 0 aromatic carbocycles. The number of nitrogens with zero attached hydrogens (tertiary/aromatic N) is 1. The zero-order valence-electron chi connectivity index (χ0n) is 12.3. The summed E-state index contributed by atoms with van der Waals surface area (Å²) in [5.74, 6) is 0.420. The van der Waals surface area contributed by atoms with Crippen LogP contribution >= 0.6 is 15.9 Å². The van der Waals surface area contributed by atoms with E-state index in [4.69, 9.17) is 4.74 Å². The second-order valence-electron chi connectivity index (χ2n) is 6.48. The van der Waals surface area contributed by atoms with E-state index in [0.717, 1.165) is 10.9 Å². The van der Waals surface area contributed by atoms with E-state index in [9.17, 15) is 0 Å². The van der Waals surface area contributed by atoms with E-state index in [1.54, 1.807) is 0 Å². The standard InChI is InChI=1S/C15H23BrN2O/c1-14(2)7-12(15(3,4)19-14)13(17-5)10-6-11(16)9-18-8-10/h6,8-9,12-13,17H,7H2,1-5H3. The zero-order valence-corrected chi connectivity index (χ0v) is 13.9. The van der Waals surface area contributed by atoms with Gasteiger partial charge in [-0.1, -0.05) is 0 Å². The Bertz CT molecular complexity index is 459. The Morgan fingerprint density at radius 3 is 2.53 bits per heavy atom. The molecule has 4 heteroatoms. The van der Waals surface area contributed by atoms with Crippen LogP contribution in [0.3, 0.4) is 0 Å². The molecule has 1 aliphatic heterocycles. The largest absolute Gasteiger partial charge is 0.369 e. The van der Waals surface area contributed by atoms with E-state index in [2.05, 4.69) is 60.0 Å². The quantitative estimate of drug-likeness (QED) is 0.919. The van der Waals surface area contributed by atoms with Gasteiger partial charge in [-0.25, -0.2) is 0 Å². The van der Waals surface area contributed by atoms with Crippen LogP contribution in [0.4, 0.5) is 0 Å². The first-order valence-electron chi connectivity index (χ1n) is 6.73. The molecule has 19 heavy (non-hydrogen) atoms. The van der Waals surface area contributed by atoms with Gasteiger partial charge in [-0.05, 0) is 68.7 Å². The second kappa shape index (κ2) is 5.15. The molecule has 106 valence electrons. The third-order valence-corrected chi connectivity index (χ3v) is 4.38. The summed E-state index contributed by atoms with van der Waals surface area (Å²) in [6, 6.07) is 2.39. The molecule has 1 N–H and O–H groups in total. The van der Waals surface area contributed by atoms with E-state index in [1.165, 1.54) is 5.56 Å². The van der Waals surface area contributed by atoms with Crippen molar-refractivity contribution < 1.29 is 4.74 Å². The maximum atomic E-state index is 6.21. The molecular formula is C15H23BrN2O. The number of aromatic nitrogens is 1. The van der Waals surface area contributed by atoms with Gasteiger partial charge in [-0.2, -0.15) is 0 Å². The number of halogens is 1. The Kier molecular flexibility index (Phi) is 4.05. The summed E-state index contributed by atoms with van der Waals surface area (Å²) < 4.78 is 7.23. The predicted molar refractivity (Wildman–Crippen MR) is 81.1 cm³/mol. The minimum atomic E-state index is -0.139. The van der Waals surface area contributed by atoms with Crippen LogP contribution in [0.15, 0.2) is 22.9 Å². The lowest BCUT2D eigenvalue weighted by Crippen LogP contribution is -2.37. The molecule has 0 spiro atoms. The summed E-state index contributed by atoms with van der Waals surface area (Å²) in [6.07, 6.45) is 4.79. The van der Waals surface area contributed by atoms with E-state index in [-0.39, 0.29) is 17.2 Å². The van der Waals surface area contributed by atoms with Gasteiger partial charge < -0.3 is 10.1 Å². The fourth-order valence-electron chi connectivity index (χ4n) is 3.32. The Hall–Kier alpha value is -0.450. The van der Waals surface area contributed by atoms with Gasteiger partial charge in [0.2, 0.25) is 0 Å². The third kappa shape index (κ3) is 3.18. The van der Waals surface area contributed by atoms with Crippen LogP contribution in [-0.4, -0.2) is 23.2 Å². The van der Waals surface area contributed by atoms with Gasteiger partial charge in [0.15, 0.2) is 0 Å². The Morgan fingerprint density at radius 2 is 2.05 bits per heavy atom. The van der Waals surface area contributed by atoms with Gasteiger partial charge in [0, 0.05) is 28.8 Å². The Labute approximate surface area is 124 Å². The molecule has 1 fully saturated rings. The smallest absolute Gasteiger partial charge is 0.0681 e. The van der Waals surface area contributed by atoms with Crippen LogP contribution in [0.1, 0.15) is 45.7 Å². The van der Waals surface area contributed by atoms with Gasteiger partial charge in [0.05, 0.1) is 11.2 Å². The highest BCUT2D eigenvalue weighted by molar-refractivity contribution is 9.10. The predicted octanol–water partition coefficient (Wildman–Crippen LogP) is 3.70. The summed E-state index contributed by atoms with van der Waals surface area (Å²) in [7, 11) is 2.01. The van der Waals surface area contributed by atoms with Gasteiger partial charge in [-0.3, -0.25) is 4.98 Å². The lowest BCUT2D eigenvalue weighted by molar-refractivity contribution is -0.0776. The number of hydrogen-bond donors (Lipinski definition) is 1. The fourth-order valence-corrected chi connectivity index (χ4v) is 3.71. The molecule has 1 aromatic heterocycles. The molecule has 2 atom stereocenters. The molecular weight excluding hydrogens is 304 g/mol. The molecule has 0 amide bonds. The number of hydrogen-bond acceptors (Lipinski definition) is 3. The normalized spacial score (nSPS) is 26.3. The molecule has 2 heterocycles. The average Bonchev–Trinajstić information content (AvgIpc) is 2.48. The molecule has 3 nitrogen and oxygen atoms in total. The van der Waals surface area contributed by atoms with Gasteiger partial charge in [0.1, 0.15) is 0 Å². The Balaban J connectivity index is 2.32. The SMILES string of the molecule is CNC(c1cncc(Br)c1)C1CC(C)(C)OC1(C)C. The molecule has 2 rings (SSSR count). The first kappa shape index (κ1) is 14.9. The molecule has 1 aliphatic rings. The molecule has 1 aromatic rings. The van der Waals surface area contributed by atoms with Crippen LogP contribution in [0.2, 0.25) is 0 Å². The van der Waals surface area contributed by atoms with E-state index in [1.807, 2.05) is 19.4 Å². The van der Waals surface area contributed by atoms with Crippen LogP contribution in [0, 0.1) is 5.92 Å². The summed E-state index contributed by atoms with van der Waals surface area (Å²) >= 11 is 3.50. The average molecular weight is 327 g/mol. The van der Waals surface area contributed by atoms with Gasteiger partial charge >= 0.3 is 0 Å². The number of ether oxygens (including phenoxy) is 1. The van der Waals surface area contributed by atoms with Crippen molar-refractivity contribution >= 4 is 15.9 Å². The zero-order chi connectivity index (χ0) is 14.3. The maximum Gasteiger partial charge on any atom is 0.0681 e. The molecule has 2 unspecified atom stereocenters. The summed E-state index contributed by atoms with van der Waals surface area (Å²) in [5, 5.41) is 3.44. The first-order chi connectivity index (χ1) is 8.75. The van der Waals surface area contributed by atoms with Crippen LogP contribution in [0.25, 0.3) is 0 Å². The number of pyridine rings is 1. The van der Waals surface area contributed by atoms with Gasteiger partial charge in [-0.15, -0.1) is 0 Å². The van der Waals surface area contributed by atoms with Crippen molar-refractivity contribution in [3.05, 3.63) is 28.5 Å². The molecule has 1 saturated heterocycles. The van der Waals surface area contributed by atoms with Crippen LogP contribution < -0.4 is 5.32 Å². The van der Waals surface area contributed by atoms with Crippen molar-refractivity contribution in [1.29, 1.82) is 0 Å². The maximum absolute atomic E-state index is 6.21. The fraction of sp³-hybridized carbons (Fsp3) is 0.667. The highest BCUT2D eigenvalue weighted by atomic mass is 79.9. The minimum Gasteiger partial charge on any atom is -0.369 e. The number of rotatable bonds is 3. The molecule has 0 radical (unpaired) electrons. The van der Waals surface area contributed by atoms with Crippen molar-refractivity contribution in [3.8, 4) is 0 Å². The van der Waals surface area contributed by atoms with Crippen LogP contribution in [0.5, 0.6) is 0 Å². The minimum absolute atomic E-state index is 0.0668. The third-order valence-electron chi connectivity index (χ3n) is 3.94. The summed E-state index contributed by atoms with van der Waals surface area (Å²) in [4.78, 5) is 4.28.